The normalized spacial score (nSPS) is 12.9. The first kappa shape index (κ1) is 19.2. The number of H-pyrrole nitrogens is 1. The van der Waals surface area contributed by atoms with E-state index in [-0.39, 0.29) is 12.6 Å². The third-order valence-corrected chi connectivity index (χ3v) is 4.04. The van der Waals surface area contributed by atoms with Gasteiger partial charge in [0.15, 0.2) is 0 Å². The van der Waals surface area contributed by atoms with Gasteiger partial charge >= 0.3 is 6.61 Å². The summed E-state index contributed by atoms with van der Waals surface area (Å²) in [6.45, 7) is -0.299. The van der Waals surface area contributed by atoms with Crippen LogP contribution in [0.4, 0.5) is 14.7 Å². The summed E-state index contributed by atoms with van der Waals surface area (Å²) >= 11 is 0. The average Bonchev–Trinajstić information content (AvgIpc) is 3.03. The zero-order valence-corrected chi connectivity index (χ0v) is 15.5. The molecule has 1 atom stereocenters. The molecule has 0 radical (unpaired) electrons. The fourth-order valence-electron chi connectivity index (χ4n) is 2.85. The number of fused-ring (bicyclic) bond motifs is 1. The summed E-state index contributed by atoms with van der Waals surface area (Å²) in [7, 11) is 4.08. The van der Waals surface area contributed by atoms with E-state index in [9.17, 15) is 8.78 Å². The molecule has 3 aromatic rings. The van der Waals surface area contributed by atoms with Gasteiger partial charge in [-0.15, -0.1) is 0 Å². The first-order chi connectivity index (χ1) is 12.9. The van der Waals surface area contributed by atoms with E-state index in [4.69, 9.17) is 0 Å². The molecule has 2 aromatic heterocycles. The van der Waals surface area contributed by atoms with Crippen LogP contribution in [0.1, 0.15) is 12.5 Å². The van der Waals surface area contributed by atoms with Gasteiger partial charge in [0, 0.05) is 35.9 Å². The fraction of sp³-hybridized carbons (Fsp3) is 0.368. The van der Waals surface area contributed by atoms with Crippen molar-refractivity contribution in [3.8, 4) is 11.1 Å². The molecule has 8 heteroatoms. The number of nitrogens with zero attached hydrogens (tertiary/aromatic N) is 3. The Morgan fingerprint density at radius 1 is 1.22 bits per heavy atom. The van der Waals surface area contributed by atoms with Crippen molar-refractivity contribution in [3.05, 3.63) is 42.2 Å². The minimum Gasteiger partial charge on any atom is -0.349 e. The monoisotopic (exact) mass is 375 g/mol. The van der Waals surface area contributed by atoms with Crippen LogP contribution in [0.2, 0.25) is 0 Å². The number of hydrogen-bond donors (Lipinski definition) is 2. The highest BCUT2D eigenvalue weighted by Crippen LogP contribution is 2.28. The lowest BCUT2D eigenvalue weighted by Crippen LogP contribution is -2.24. The summed E-state index contributed by atoms with van der Waals surface area (Å²) in [6, 6.07) is 8.04. The number of anilines is 1. The molecule has 3 rings (SSSR count). The molecule has 0 saturated heterocycles. The maximum absolute atomic E-state index is 12.1. The van der Waals surface area contributed by atoms with Gasteiger partial charge in [-0.05, 0) is 32.1 Å². The number of alkyl halides is 2. The molecule has 0 unspecified atom stereocenters. The molecule has 0 aliphatic carbocycles. The molecule has 0 fully saturated rings. The van der Waals surface area contributed by atoms with Crippen molar-refractivity contribution in [2.45, 2.75) is 26.1 Å². The minimum absolute atomic E-state index is 0.131. The number of hydrogen-bond acceptors (Lipinski definition) is 5. The molecule has 1 aromatic carbocycles. The second-order valence-electron chi connectivity index (χ2n) is 6.73. The van der Waals surface area contributed by atoms with Crippen LogP contribution >= 0.6 is 0 Å². The Morgan fingerprint density at radius 2 is 1.96 bits per heavy atom. The molecule has 0 aliphatic rings. The first-order valence-corrected chi connectivity index (χ1v) is 8.67. The van der Waals surface area contributed by atoms with E-state index >= 15 is 0 Å². The van der Waals surface area contributed by atoms with Crippen molar-refractivity contribution in [2.75, 3.05) is 26.0 Å². The van der Waals surface area contributed by atoms with E-state index in [2.05, 4.69) is 54.2 Å². The summed E-state index contributed by atoms with van der Waals surface area (Å²) in [5, 5.41) is 3.86. The Bertz CT molecular complexity index is 879. The maximum atomic E-state index is 12.1. The van der Waals surface area contributed by atoms with E-state index in [1.165, 1.54) is 5.56 Å². The average molecular weight is 375 g/mol. The van der Waals surface area contributed by atoms with Crippen LogP contribution < -0.4 is 5.32 Å². The molecule has 2 N–H and O–H groups in total. The van der Waals surface area contributed by atoms with Crippen LogP contribution in [0, 0.1) is 0 Å². The van der Waals surface area contributed by atoms with Crippen LogP contribution in [0.3, 0.4) is 0 Å². The van der Waals surface area contributed by atoms with E-state index in [0.29, 0.717) is 11.6 Å². The highest BCUT2D eigenvalue weighted by Gasteiger charge is 2.12. The summed E-state index contributed by atoms with van der Waals surface area (Å²) in [4.78, 5) is 14.0. The molecule has 144 valence electrons. The SMILES string of the molecule is C[C@@H](COC(F)F)Nc1ncc2c(-c3ccc(CN(C)C)cc3)c[nH]c2n1. The third-order valence-electron chi connectivity index (χ3n) is 4.04. The summed E-state index contributed by atoms with van der Waals surface area (Å²) in [5.41, 5.74) is 4.02. The quantitative estimate of drug-likeness (QED) is 0.628. The van der Waals surface area contributed by atoms with Crippen molar-refractivity contribution in [1.82, 2.24) is 19.9 Å². The maximum Gasteiger partial charge on any atom is 0.345 e. The van der Waals surface area contributed by atoms with Crippen LogP contribution in [0.25, 0.3) is 22.2 Å². The van der Waals surface area contributed by atoms with Gasteiger partial charge < -0.3 is 19.9 Å². The Hall–Kier alpha value is -2.58. The zero-order valence-electron chi connectivity index (χ0n) is 15.5. The Balaban J connectivity index is 1.75. The smallest absolute Gasteiger partial charge is 0.345 e. The first-order valence-electron chi connectivity index (χ1n) is 8.67. The Kier molecular flexibility index (Phi) is 5.98. The molecular formula is C19H23F2N5O. The van der Waals surface area contributed by atoms with Crippen molar-refractivity contribution >= 4 is 17.0 Å². The van der Waals surface area contributed by atoms with Crippen LogP contribution in [-0.2, 0) is 11.3 Å². The van der Waals surface area contributed by atoms with Gasteiger partial charge in [0.25, 0.3) is 0 Å². The zero-order chi connectivity index (χ0) is 19.4. The molecule has 0 bridgehead atoms. The second-order valence-corrected chi connectivity index (χ2v) is 6.73. The molecule has 2 heterocycles. The molecule has 0 amide bonds. The van der Waals surface area contributed by atoms with Crippen molar-refractivity contribution in [3.63, 3.8) is 0 Å². The largest absolute Gasteiger partial charge is 0.349 e. The predicted octanol–water partition coefficient (Wildman–Crippen LogP) is 3.73. The van der Waals surface area contributed by atoms with E-state index in [1.807, 2.05) is 20.3 Å². The van der Waals surface area contributed by atoms with E-state index in [0.717, 1.165) is 23.1 Å². The minimum atomic E-state index is -2.78. The van der Waals surface area contributed by atoms with Gasteiger partial charge in [-0.25, -0.2) is 4.98 Å². The van der Waals surface area contributed by atoms with Gasteiger partial charge in [-0.1, -0.05) is 24.3 Å². The van der Waals surface area contributed by atoms with Crippen molar-refractivity contribution in [1.29, 1.82) is 0 Å². The molecule has 0 saturated carbocycles. The summed E-state index contributed by atoms with van der Waals surface area (Å²) in [6.07, 6.45) is 3.62. The van der Waals surface area contributed by atoms with Crippen molar-refractivity contribution in [2.24, 2.45) is 0 Å². The topological polar surface area (TPSA) is 66.1 Å². The number of halogens is 2. The van der Waals surface area contributed by atoms with Crippen LogP contribution in [0.15, 0.2) is 36.7 Å². The third kappa shape index (κ3) is 4.99. The lowest BCUT2D eigenvalue weighted by atomic mass is 10.0. The molecule has 27 heavy (non-hydrogen) atoms. The molecule has 0 aliphatic heterocycles. The lowest BCUT2D eigenvalue weighted by molar-refractivity contribution is -0.130. The second kappa shape index (κ2) is 8.41. The van der Waals surface area contributed by atoms with Crippen molar-refractivity contribution < 1.29 is 13.5 Å². The van der Waals surface area contributed by atoms with Gasteiger partial charge in [0.2, 0.25) is 5.95 Å². The van der Waals surface area contributed by atoms with Crippen LogP contribution in [0.5, 0.6) is 0 Å². The van der Waals surface area contributed by atoms with Gasteiger partial charge in [-0.3, -0.25) is 0 Å². The summed E-state index contributed by atoms with van der Waals surface area (Å²) in [5.74, 6) is 0.364. The number of aromatic nitrogens is 3. The lowest BCUT2D eigenvalue weighted by Gasteiger charge is -2.13. The van der Waals surface area contributed by atoms with Gasteiger partial charge in [0.05, 0.1) is 6.61 Å². The molecule has 6 nitrogen and oxygen atoms in total. The number of aromatic amines is 1. The Morgan fingerprint density at radius 3 is 2.63 bits per heavy atom. The highest BCUT2D eigenvalue weighted by atomic mass is 19.3. The van der Waals surface area contributed by atoms with Gasteiger partial charge in [0.1, 0.15) is 5.65 Å². The number of ether oxygens (including phenoxy) is 1. The highest BCUT2D eigenvalue weighted by molar-refractivity contribution is 5.93. The van der Waals surface area contributed by atoms with Gasteiger partial charge in [-0.2, -0.15) is 13.8 Å². The standard InChI is InChI=1S/C19H23F2N5O/c1-12(11-27-18(20)21)24-19-23-9-16-15(8-22-17(16)25-19)14-6-4-13(5-7-14)10-26(2)3/h4-9,12,18H,10-11H2,1-3H3,(H2,22,23,24,25)/t12-/m0/s1. The van der Waals surface area contributed by atoms with E-state index in [1.54, 1.807) is 13.1 Å². The predicted molar refractivity (Wildman–Crippen MR) is 102 cm³/mol. The van der Waals surface area contributed by atoms with Crippen LogP contribution in [-0.4, -0.2) is 53.2 Å². The number of nitrogens with one attached hydrogen (secondary N) is 2. The Labute approximate surface area is 156 Å². The fourth-order valence-corrected chi connectivity index (χ4v) is 2.85. The number of rotatable bonds is 8. The molecule has 0 spiro atoms. The van der Waals surface area contributed by atoms with E-state index < -0.39 is 6.61 Å². The summed E-state index contributed by atoms with van der Waals surface area (Å²) < 4.78 is 28.5. The number of benzene rings is 1. The molecular weight excluding hydrogens is 352 g/mol.